The molecule has 1 N–H and O–H groups in total. The van der Waals surface area contributed by atoms with Crippen LogP contribution in [-0.4, -0.2) is 22.9 Å². The summed E-state index contributed by atoms with van der Waals surface area (Å²) in [6.45, 7) is 2.62. The van der Waals surface area contributed by atoms with Crippen molar-refractivity contribution < 1.29 is 9.53 Å². The fraction of sp³-hybridized carbons (Fsp3) is 0.333. The van der Waals surface area contributed by atoms with Crippen LogP contribution in [0.1, 0.15) is 28.5 Å². The maximum atomic E-state index is 11.7. The number of rotatable bonds is 5. The summed E-state index contributed by atoms with van der Waals surface area (Å²) in [7, 11) is 3.29. The largest absolute Gasteiger partial charge is 0.465 e. The zero-order valence-electron chi connectivity index (χ0n) is 12.0. The summed E-state index contributed by atoms with van der Waals surface area (Å²) in [6, 6.07) is 7.43. The molecule has 0 aliphatic rings. The van der Waals surface area contributed by atoms with Gasteiger partial charge in [-0.3, -0.25) is 4.68 Å². The zero-order chi connectivity index (χ0) is 14.5. The molecule has 0 aliphatic heterocycles. The fourth-order valence-electron chi connectivity index (χ4n) is 2.12. The van der Waals surface area contributed by atoms with E-state index in [2.05, 4.69) is 17.3 Å². The Morgan fingerprint density at radius 3 is 2.85 bits per heavy atom. The number of hydrogen-bond donors (Lipinski definition) is 1. The highest BCUT2D eigenvalue weighted by atomic mass is 16.5. The van der Waals surface area contributed by atoms with E-state index in [1.54, 1.807) is 10.7 Å². The number of aryl methyl sites for hydroxylation is 2. The van der Waals surface area contributed by atoms with E-state index >= 15 is 0 Å². The van der Waals surface area contributed by atoms with E-state index in [1.807, 2.05) is 31.4 Å². The van der Waals surface area contributed by atoms with Crippen molar-refractivity contribution in [2.24, 2.45) is 7.05 Å². The average molecular weight is 273 g/mol. The van der Waals surface area contributed by atoms with Crippen molar-refractivity contribution in [3.05, 3.63) is 47.3 Å². The van der Waals surface area contributed by atoms with Gasteiger partial charge in [0.15, 0.2) is 0 Å². The zero-order valence-corrected chi connectivity index (χ0v) is 12.0. The molecular weight excluding hydrogens is 254 g/mol. The lowest BCUT2D eigenvalue weighted by atomic mass is 10.1. The number of esters is 1. The highest BCUT2D eigenvalue weighted by Gasteiger charge is 2.11. The van der Waals surface area contributed by atoms with E-state index in [0.717, 1.165) is 23.4 Å². The minimum Gasteiger partial charge on any atom is -0.465 e. The van der Waals surface area contributed by atoms with Crippen molar-refractivity contribution in [2.45, 2.75) is 19.9 Å². The molecule has 0 atom stereocenters. The average Bonchev–Trinajstić information content (AvgIpc) is 2.84. The van der Waals surface area contributed by atoms with Crippen molar-refractivity contribution >= 4 is 11.7 Å². The predicted molar refractivity (Wildman–Crippen MR) is 77.7 cm³/mol. The number of carbonyl (C=O) groups excluding carboxylic acids is 1. The molecule has 5 nitrogen and oxygen atoms in total. The molecule has 0 radical (unpaired) electrons. The summed E-state index contributed by atoms with van der Waals surface area (Å²) < 4.78 is 6.58. The van der Waals surface area contributed by atoms with Crippen LogP contribution in [0.3, 0.4) is 0 Å². The third kappa shape index (κ3) is 2.99. The molecule has 0 bridgehead atoms. The van der Waals surface area contributed by atoms with Gasteiger partial charge in [0, 0.05) is 19.8 Å². The van der Waals surface area contributed by atoms with Crippen molar-refractivity contribution in [3.63, 3.8) is 0 Å². The Bertz CT molecular complexity index is 605. The highest BCUT2D eigenvalue weighted by molar-refractivity contribution is 5.91. The first kappa shape index (κ1) is 14.1. The summed E-state index contributed by atoms with van der Waals surface area (Å²) in [5.41, 5.74) is 3.51. The first-order valence-electron chi connectivity index (χ1n) is 6.58. The number of ether oxygens (including phenoxy) is 1. The topological polar surface area (TPSA) is 56.2 Å². The molecule has 1 heterocycles. The molecule has 0 unspecified atom stereocenters. The molecule has 106 valence electrons. The van der Waals surface area contributed by atoms with Gasteiger partial charge >= 0.3 is 5.97 Å². The van der Waals surface area contributed by atoms with E-state index in [-0.39, 0.29) is 5.97 Å². The number of nitrogens with zero attached hydrogens (tertiary/aromatic N) is 2. The predicted octanol–water partition coefficient (Wildman–Crippen LogP) is 2.38. The van der Waals surface area contributed by atoms with Gasteiger partial charge in [0.2, 0.25) is 0 Å². The number of benzene rings is 1. The number of methoxy groups -OCH3 is 1. The fourth-order valence-corrected chi connectivity index (χ4v) is 2.12. The van der Waals surface area contributed by atoms with Crippen LogP contribution in [0.4, 0.5) is 5.69 Å². The maximum absolute atomic E-state index is 11.7. The molecule has 2 rings (SSSR count). The summed E-state index contributed by atoms with van der Waals surface area (Å²) in [6.07, 6.45) is 2.81. The maximum Gasteiger partial charge on any atom is 0.338 e. The number of carbonyl (C=O) groups is 1. The number of aromatic nitrogens is 2. The summed E-state index contributed by atoms with van der Waals surface area (Å²) in [5.74, 6) is -0.315. The first-order chi connectivity index (χ1) is 9.65. The lowest BCUT2D eigenvalue weighted by Gasteiger charge is -2.09. The lowest BCUT2D eigenvalue weighted by molar-refractivity contribution is 0.0599. The Kier molecular flexibility index (Phi) is 4.40. The number of hydrogen-bond acceptors (Lipinski definition) is 4. The van der Waals surface area contributed by atoms with Crippen LogP contribution in [0, 0.1) is 0 Å². The van der Waals surface area contributed by atoms with Gasteiger partial charge in [-0.2, -0.15) is 5.10 Å². The summed E-state index contributed by atoms with van der Waals surface area (Å²) >= 11 is 0. The molecular formula is C15H19N3O2. The Morgan fingerprint density at radius 2 is 2.15 bits per heavy atom. The van der Waals surface area contributed by atoms with Crippen molar-refractivity contribution in [1.29, 1.82) is 0 Å². The van der Waals surface area contributed by atoms with E-state index in [9.17, 15) is 4.79 Å². The third-order valence-electron chi connectivity index (χ3n) is 3.13. The number of anilines is 1. The molecule has 0 saturated heterocycles. The van der Waals surface area contributed by atoms with Gasteiger partial charge < -0.3 is 10.1 Å². The normalized spacial score (nSPS) is 10.3. The van der Waals surface area contributed by atoms with E-state index in [4.69, 9.17) is 4.74 Å². The Morgan fingerprint density at radius 1 is 1.40 bits per heavy atom. The van der Waals surface area contributed by atoms with E-state index in [0.29, 0.717) is 12.1 Å². The monoisotopic (exact) mass is 273 g/mol. The van der Waals surface area contributed by atoms with Gasteiger partial charge in [-0.05, 0) is 18.1 Å². The van der Waals surface area contributed by atoms with Crippen LogP contribution < -0.4 is 5.32 Å². The van der Waals surface area contributed by atoms with Crippen LogP contribution in [0.5, 0.6) is 0 Å². The van der Waals surface area contributed by atoms with Gasteiger partial charge in [-0.15, -0.1) is 0 Å². The molecule has 5 heteroatoms. The Balaban J connectivity index is 2.16. The molecule has 0 spiro atoms. The smallest absolute Gasteiger partial charge is 0.338 e. The molecule has 0 amide bonds. The van der Waals surface area contributed by atoms with E-state index < -0.39 is 0 Å². The molecule has 0 saturated carbocycles. The van der Waals surface area contributed by atoms with Crippen LogP contribution in [0.25, 0.3) is 0 Å². The molecule has 0 aliphatic carbocycles. The van der Waals surface area contributed by atoms with Crippen molar-refractivity contribution in [1.82, 2.24) is 9.78 Å². The molecule has 0 fully saturated rings. The van der Waals surface area contributed by atoms with Crippen molar-refractivity contribution in [2.75, 3.05) is 12.4 Å². The third-order valence-corrected chi connectivity index (χ3v) is 3.13. The van der Waals surface area contributed by atoms with Gasteiger partial charge in [-0.1, -0.05) is 25.1 Å². The number of nitrogens with one attached hydrogen (secondary N) is 1. The van der Waals surface area contributed by atoms with Crippen LogP contribution in [0.15, 0.2) is 30.5 Å². The molecule has 2 aromatic rings. The summed E-state index contributed by atoms with van der Waals surface area (Å²) in [5, 5.41) is 7.71. The van der Waals surface area contributed by atoms with Crippen LogP contribution >= 0.6 is 0 Å². The second-order valence-corrected chi connectivity index (χ2v) is 4.52. The van der Waals surface area contributed by atoms with E-state index in [1.165, 1.54) is 7.11 Å². The second kappa shape index (κ2) is 6.23. The molecule has 1 aromatic carbocycles. The standard InChI is InChI=1S/C15H19N3O2/c1-4-13-14(10-18(2)17-13)16-9-11-7-5-6-8-12(11)15(19)20-3/h5-8,10,16H,4,9H2,1-3H3. The Labute approximate surface area is 118 Å². The van der Waals surface area contributed by atoms with Gasteiger partial charge in [0.25, 0.3) is 0 Å². The minimum absolute atomic E-state index is 0.315. The first-order valence-corrected chi connectivity index (χ1v) is 6.58. The molecule has 1 aromatic heterocycles. The van der Waals surface area contributed by atoms with Crippen LogP contribution in [-0.2, 0) is 24.8 Å². The van der Waals surface area contributed by atoms with Crippen LogP contribution in [0.2, 0.25) is 0 Å². The SMILES string of the molecule is CCc1nn(C)cc1NCc1ccccc1C(=O)OC. The Hall–Kier alpha value is -2.30. The molecule has 20 heavy (non-hydrogen) atoms. The minimum atomic E-state index is -0.315. The quantitative estimate of drug-likeness (QED) is 0.850. The van der Waals surface area contributed by atoms with Gasteiger partial charge in [0.05, 0.1) is 24.1 Å². The second-order valence-electron chi connectivity index (χ2n) is 4.52. The highest BCUT2D eigenvalue weighted by Crippen LogP contribution is 2.17. The van der Waals surface area contributed by atoms with Gasteiger partial charge in [0.1, 0.15) is 0 Å². The lowest BCUT2D eigenvalue weighted by Crippen LogP contribution is -2.09. The van der Waals surface area contributed by atoms with Gasteiger partial charge in [-0.25, -0.2) is 4.79 Å². The summed E-state index contributed by atoms with van der Waals surface area (Å²) in [4.78, 5) is 11.7. The van der Waals surface area contributed by atoms with Crippen molar-refractivity contribution in [3.8, 4) is 0 Å².